The highest BCUT2D eigenvalue weighted by atomic mass is 127. The number of guanidine groups is 1. The molecule has 2 rings (SSSR count). The van der Waals surface area contributed by atoms with Crippen molar-refractivity contribution in [2.75, 3.05) is 26.2 Å². The number of hydrogen-bond acceptors (Lipinski definition) is 4. The van der Waals surface area contributed by atoms with Crippen molar-refractivity contribution in [2.24, 2.45) is 4.99 Å². The number of halogens is 1. The molecule has 27 heavy (non-hydrogen) atoms. The van der Waals surface area contributed by atoms with Gasteiger partial charge < -0.3 is 20.1 Å². The Morgan fingerprint density at radius 1 is 1.37 bits per heavy atom. The van der Waals surface area contributed by atoms with Crippen LogP contribution < -0.4 is 10.6 Å². The number of nitrogens with one attached hydrogen (secondary N) is 2. The first-order chi connectivity index (χ1) is 12.6. The molecule has 8 nitrogen and oxygen atoms in total. The summed E-state index contributed by atoms with van der Waals surface area (Å²) in [6, 6.07) is 0.363. The van der Waals surface area contributed by atoms with Crippen LogP contribution in [0.25, 0.3) is 0 Å². The van der Waals surface area contributed by atoms with Crippen molar-refractivity contribution in [3.63, 3.8) is 0 Å². The van der Waals surface area contributed by atoms with Gasteiger partial charge in [0, 0.05) is 51.6 Å². The smallest absolute Gasteiger partial charge is 0.222 e. The van der Waals surface area contributed by atoms with Crippen molar-refractivity contribution in [3.8, 4) is 0 Å². The summed E-state index contributed by atoms with van der Waals surface area (Å²) in [6.45, 7) is 10.4. The van der Waals surface area contributed by atoms with Crippen LogP contribution >= 0.6 is 24.0 Å². The molecule has 1 aliphatic heterocycles. The van der Waals surface area contributed by atoms with Crippen LogP contribution in [0.4, 0.5) is 0 Å². The number of amides is 1. The molecule has 1 amide bonds. The lowest BCUT2D eigenvalue weighted by Crippen LogP contribution is -2.43. The molecule has 1 atom stereocenters. The number of aliphatic imine (C=N–C) groups is 1. The Morgan fingerprint density at radius 2 is 2.19 bits per heavy atom. The van der Waals surface area contributed by atoms with Crippen molar-refractivity contribution < 1.29 is 4.79 Å². The Hall–Kier alpha value is -1.39. The molecule has 0 aromatic carbocycles. The predicted octanol–water partition coefficient (Wildman–Crippen LogP) is 1.80. The van der Waals surface area contributed by atoms with E-state index in [1.807, 2.05) is 4.90 Å². The quantitative estimate of drug-likeness (QED) is 0.226. The van der Waals surface area contributed by atoms with E-state index < -0.39 is 0 Å². The standard InChI is InChI=1S/C18H33N7O.HI/c1-4-15(3)22-18(19-9-7-12-24-11-6-8-17(24)26)20-10-13-25-14-21-23-16(25)5-2;/h14-15H,4-13H2,1-3H3,(H2,19,20,22);1H. The number of carbonyl (C=O) groups is 1. The van der Waals surface area contributed by atoms with E-state index in [0.717, 1.165) is 63.6 Å². The summed E-state index contributed by atoms with van der Waals surface area (Å²) in [4.78, 5) is 18.3. The second kappa shape index (κ2) is 12.9. The third kappa shape index (κ3) is 8.02. The molecule has 154 valence electrons. The van der Waals surface area contributed by atoms with Gasteiger partial charge in [-0.1, -0.05) is 13.8 Å². The lowest BCUT2D eigenvalue weighted by molar-refractivity contribution is -0.127. The van der Waals surface area contributed by atoms with Gasteiger partial charge in [0.05, 0.1) is 0 Å². The van der Waals surface area contributed by atoms with Crippen molar-refractivity contribution in [1.82, 2.24) is 30.3 Å². The number of aromatic nitrogens is 3. The molecule has 1 fully saturated rings. The van der Waals surface area contributed by atoms with E-state index in [0.29, 0.717) is 19.0 Å². The molecule has 0 radical (unpaired) electrons. The van der Waals surface area contributed by atoms with Crippen LogP contribution in [0.15, 0.2) is 11.3 Å². The van der Waals surface area contributed by atoms with Crippen molar-refractivity contribution in [3.05, 3.63) is 12.2 Å². The van der Waals surface area contributed by atoms with E-state index in [-0.39, 0.29) is 29.9 Å². The SMILES string of the molecule is CCc1nncn1CCNC(=NCCCN1CCCC1=O)NC(C)CC.I. The minimum atomic E-state index is 0. The zero-order valence-electron chi connectivity index (χ0n) is 16.8. The molecule has 2 N–H and O–H groups in total. The maximum atomic E-state index is 11.6. The Bertz CT molecular complexity index is 590. The van der Waals surface area contributed by atoms with Gasteiger partial charge in [-0.2, -0.15) is 0 Å². The average molecular weight is 491 g/mol. The Balaban J connectivity index is 0.00000364. The fourth-order valence-corrected chi connectivity index (χ4v) is 2.92. The van der Waals surface area contributed by atoms with Gasteiger partial charge in [0.25, 0.3) is 0 Å². The molecule has 1 aromatic rings. The number of rotatable bonds is 10. The first-order valence-corrected chi connectivity index (χ1v) is 9.83. The first-order valence-electron chi connectivity index (χ1n) is 9.83. The number of likely N-dealkylation sites (tertiary alicyclic amines) is 1. The van der Waals surface area contributed by atoms with Crippen molar-refractivity contribution >= 4 is 35.8 Å². The third-order valence-electron chi connectivity index (χ3n) is 4.68. The molecule has 2 heterocycles. The number of hydrogen-bond donors (Lipinski definition) is 2. The van der Waals surface area contributed by atoms with Crippen LogP contribution in [0.1, 0.15) is 52.3 Å². The summed E-state index contributed by atoms with van der Waals surface area (Å²) in [6.07, 6.45) is 6.27. The topological polar surface area (TPSA) is 87.4 Å². The second-order valence-electron chi connectivity index (χ2n) is 6.74. The number of carbonyl (C=O) groups excluding carboxylic acids is 1. The molecule has 1 aromatic heterocycles. The van der Waals surface area contributed by atoms with E-state index in [2.05, 4.69) is 51.2 Å². The van der Waals surface area contributed by atoms with E-state index in [1.165, 1.54) is 0 Å². The van der Waals surface area contributed by atoms with Crippen LogP contribution in [0, 0.1) is 0 Å². The lowest BCUT2D eigenvalue weighted by atomic mass is 10.3. The highest BCUT2D eigenvalue weighted by molar-refractivity contribution is 14.0. The van der Waals surface area contributed by atoms with Gasteiger partial charge in [-0.25, -0.2) is 0 Å². The maximum Gasteiger partial charge on any atom is 0.222 e. The summed E-state index contributed by atoms with van der Waals surface area (Å²) >= 11 is 0. The number of nitrogens with zero attached hydrogens (tertiary/aromatic N) is 5. The molecule has 0 bridgehead atoms. The predicted molar refractivity (Wildman–Crippen MR) is 118 cm³/mol. The Morgan fingerprint density at radius 3 is 2.85 bits per heavy atom. The van der Waals surface area contributed by atoms with Gasteiger partial charge in [0.2, 0.25) is 5.91 Å². The van der Waals surface area contributed by atoms with Crippen LogP contribution in [0.3, 0.4) is 0 Å². The molecule has 0 saturated carbocycles. The minimum absolute atomic E-state index is 0. The molecule has 1 aliphatic rings. The first kappa shape index (κ1) is 23.6. The minimum Gasteiger partial charge on any atom is -0.355 e. The zero-order valence-corrected chi connectivity index (χ0v) is 19.1. The van der Waals surface area contributed by atoms with Crippen LogP contribution in [-0.2, 0) is 17.8 Å². The Kier molecular flexibility index (Phi) is 11.3. The average Bonchev–Trinajstić information content (AvgIpc) is 3.26. The van der Waals surface area contributed by atoms with Gasteiger partial charge in [-0.3, -0.25) is 9.79 Å². The van der Waals surface area contributed by atoms with Gasteiger partial charge in [0.15, 0.2) is 5.96 Å². The zero-order chi connectivity index (χ0) is 18.8. The highest BCUT2D eigenvalue weighted by Crippen LogP contribution is 2.09. The summed E-state index contributed by atoms with van der Waals surface area (Å²) in [5.74, 6) is 2.11. The second-order valence-corrected chi connectivity index (χ2v) is 6.74. The van der Waals surface area contributed by atoms with Crippen molar-refractivity contribution in [1.29, 1.82) is 0 Å². The fraction of sp³-hybridized carbons (Fsp3) is 0.778. The molecule has 0 spiro atoms. The third-order valence-corrected chi connectivity index (χ3v) is 4.68. The van der Waals surface area contributed by atoms with Gasteiger partial charge >= 0.3 is 0 Å². The molecule has 9 heteroatoms. The molecule has 0 aliphatic carbocycles. The summed E-state index contributed by atoms with van der Waals surface area (Å²) in [7, 11) is 0. The van der Waals surface area contributed by atoms with Gasteiger partial charge in [-0.15, -0.1) is 34.2 Å². The monoisotopic (exact) mass is 491 g/mol. The largest absolute Gasteiger partial charge is 0.355 e. The van der Waals surface area contributed by atoms with E-state index >= 15 is 0 Å². The van der Waals surface area contributed by atoms with Crippen molar-refractivity contribution in [2.45, 2.75) is 65.5 Å². The van der Waals surface area contributed by atoms with E-state index in [9.17, 15) is 4.79 Å². The Labute approximate surface area is 179 Å². The van der Waals surface area contributed by atoms with E-state index in [4.69, 9.17) is 0 Å². The maximum absolute atomic E-state index is 11.6. The van der Waals surface area contributed by atoms with E-state index in [1.54, 1.807) is 6.33 Å². The van der Waals surface area contributed by atoms with Gasteiger partial charge in [-0.05, 0) is 26.2 Å². The van der Waals surface area contributed by atoms with Crippen LogP contribution in [0.5, 0.6) is 0 Å². The number of aryl methyl sites for hydroxylation is 1. The summed E-state index contributed by atoms with van der Waals surface area (Å²) < 4.78 is 2.06. The van der Waals surface area contributed by atoms with Crippen LogP contribution in [-0.4, -0.2) is 63.8 Å². The van der Waals surface area contributed by atoms with Crippen LogP contribution in [0.2, 0.25) is 0 Å². The summed E-state index contributed by atoms with van der Waals surface area (Å²) in [5, 5.41) is 14.9. The van der Waals surface area contributed by atoms with Gasteiger partial charge in [0.1, 0.15) is 12.2 Å². The fourth-order valence-electron chi connectivity index (χ4n) is 2.92. The summed E-state index contributed by atoms with van der Waals surface area (Å²) in [5.41, 5.74) is 0. The normalized spacial score (nSPS) is 15.6. The highest BCUT2D eigenvalue weighted by Gasteiger charge is 2.18. The molecule has 1 saturated heterocycles. The molecular weight excluding hydrogens is 457 g/mol. The molecule has 1 unspecified atom stereocenters. The lowest BCUT2D eigenvalue weighted by Gasteiger charge is -2.18. The molecular formula is C18H34IN7O.